The van der Waals surface area contributed by atoms with Gasteiger partial charge in [0.25, 0.3) is 0 Å². The van der Waals surface area contributed by atoms with Gasteiger partial charge < -0.3 is 19.7 Å². The van der Waals surface area contributed by atoms with Gasteiger partial charge in [0.05, 0.1) is 24.5 Å². The molecule has 0 saturated carbocycles. The van der Waals surface area contributed by atoms with E-state index in [9.17, 15) is 14.4 Å². The Kier molecular flexibility index (Phi) is 11.2. The Balaban J connectivity index is 1.71. The average molecular weight is 517 g/mol. The number of morpholine rings is 1. The van der Waals surface area contributed by atoms with E-state index in [1.807, 2.05) is 6.07 Å². The van der Waals surface area contributed by atoms with Gasteiger partial charge in [-0.2, -0.15) is 0 Å². The van der Waals surface area contributed by atoms with Gasteiger partial charge >= 0.3 is 0 Å². The van der Waals surface area contributed by atoms with E-state index in [0.29, 0.717) is 35.5 Å². The molecule has 1 fully saturated rings. The van der Waals surface area contributed by atoms with Crippen molar-refractivity contribution in [1.82, 2.24) is 15.1 Å². The average Bonchev–Trinajstić information content (AvgIpc) is 2.94. The first-order valence-corrected chi connectivity index (χ1v) is 12.8. The zero-order valence-electron chi connectivity index (χ0n) is 22.4. The van der Waals surface area contributed by atoms with Crippen molar-refractivity contribution in [3.8, 4) is 11.8 Å². The van der Waals surface area contributed by atoms with Crippen LogP contribution in [-0.4, -0.2) is 80.6 Å². The first kappa shape index (κ1) is 28.8. The summed E-state index contributed by atoms with van der Waals surface area (Å²) in [5.41, 5.74) is 3.86. The lowest BCUT2D eigenvalue weighted by atomic mass is 10.1. The van der Waals surface area contributed by atoms with Gasteiger partial charge in [-0.1, -0.05) is 42.2 Å². The van der Waals surface area contributed by atoms with Crippen molar-refractivity contribution in [2.75, 3.05) is 40.4 Å². The summed E-state index contributed by atoms with van der Waals surface area (Å²) < 4.78 is 5.41. The van der Waals surface area contributed by atoms with Crippen LogP contribution in [0.5, 0.6) is 0 Å². The van der Waals surface area contributed by atoms with Gasteiger partial charge in [0.2, 0.25) is 5.91 Å². The number of rotatable bonds is 10. The second-order valence-electron chi connectivity index (χ2n) is 9.18. The van der Waals surface area contributed by atoms with Crippen molar-refractivity contribution < 1.29 is 19.1 Å². The second kappa shape index (κ2) is 14.8. The lowest BCUT2D eigenvalue weighted by Crippen LogP contribution is -2.46. The first-order valence-electron chi connectivity index (χ1n) is 12.8. The molecule has 1 unspecified atom stereocenters. The van der Waals surface area contributed by atoms with Gasteiger partial charge in [0, 0.05) is 52.1 Å². The van der Waals surface area contributed by atoms with Crippen molar-refractivity contribution in [2.45, 2.75) is 38.8 Å². The maximum Gasteiger partial charge on any atom is 0.242 e. The summed E-state index contributed by atoms with van der Waals surface area (Å²) >= 11 is 0. The van der Waals surface area contributed by atoms with Crippen LogP contribution in [0.4, 0.5) is 5.69 Å². The lowest BCUT2D eigenvalue weighted by molar-refractivity contribution is -0.124. The van der Waals surface area contributed by atoms with E-state index in [2.05, 4.69) is 51.3 Å². The van der Waals surface area contributed by atoms with Gasteiger partial charge in [-0.05, 0) is 36.6 Å². The van der Waals surface area contributed by atoms with Crippen molar-refractivity contribution in [1.29, 1.82) is 0 Å². The molecule has 1 amide bonds. The Morgan fingerprint density at radius 1 is 1.16 bits per heavy atom. The third-order valence-electron chi connectivity index (χ3n) is 6.62. The van der Waals surface area contributed by atoms with Gasteiger partial charge in [-0.15, -0.1) is 0 Å². The molecule has 0 spiro atoms. The molecular formula is C30H36N4O4. The maximum atomic E-state index is 12.3. The van der Waals surface area contributed by atoms with Crippen LogP contribution in [-0.2, 0) is 27.3 Å². The number of nitrogens with zero attached hydrogens (tertiary/aromatic N) is 3. The predicted octanol–water partition coefficient (Wildman–Crippen LogP) is 3.00. The van der Waals surface area contributed by atoms with Crippen molar-refractivity contribution >= 4 is 30.0 Å². The largest absolute Gasteiger partial charge is 0.379 e. The summed E-state index contributed by atoms with van der Waals surface area (Å²) in [6, 6.07) is 13.3. The van der Waals surface area contributed by atoms with Crippen LogP contribution in [0.25, 0.3) is 0 Å². The molecule has 0 aromatic heterocycles. The minimum absolute atomic E-state index is 0.201. The fraction of sp³-hybridized carbons (Fsp3) is 0.400. The molecule has 1 N–H and O–H groups in total. The third kappa shape index (κ3) is 8.10. The van der Waals surface area contributed by atoms with Crippen LogP contribution >= 0.6 is 0 Å². The molecule has 8 nitrogen and oxygen atoms in total. The van der Waals surface area contributed by atoms with E-state index in [1.165, 1.54) is 5.56 Å². The number of likely N-dealkylation sites (N-methyl/N-ethyl adjacent to an activating group) is 2. The Morgan fingerprint density at radius 2 is 1.87 bits per heavy atom. The molecule has 3 rings (SSSR count). The summed E-state index contributed by atoms with van der Waals surface area (Å²) in [6.07, 6.45) is 2.75. The molecule has 1 aliphatic heterocycles. The van der Waals surface area contributed by atoms with Gasteiger partial charge in [0.15, 0.2) is 6.29 Å². The van der Waals surface area contributed by atoms with E-state index in [1.54, 1.807) is 38.1 Å². The number of carbonyl (C=O) groups excluding carboxylic acids is 3. The van der Waals surface area contributed by atoms with Crippen molar-refractivity contribution in [2.24, 2.45) is 4.99 Å². The first-order chi connectivity index (χ1) is 18.5. The number of benzene rings is 2. The van der Waals surface area contributed by atoms with Crippen molar-refractivity contribution in [3.63, 3.8) is 0 Å². The van der Waals surface area contributed by atoms with Crippen LogP contribution in [0.1, 0.15) is 46.8 Å². The molecule has 0 radical (unpaired) electrons. The summed E-state index contributed by atoms with van der Waals surface area (Å²) in [5.74, 6) is 6.65. The van der Waals surface area contributed by atoms with Crippen LogP contribution in [0, 0.1) is 11.8 Å². The highest BCUT2D eigenvalue weighted by Crippen LogP contribution is 2.22. The molecule has 8 heteroatoms. The van der Waals surface area contributed by atoms with E-state index in [-0.39, 0.29) is 12.3 Å². The van der Waals surface area contributed by atoms with Gasteiger partial charge in [0.1, 0.15) is 18.2 Å². The zero-order valence-corrected chi connectivity index (χ0v) is 22.4. The highest BCUT2D eigenvalue weighted by Gasteiger charge is 2.23. The number of amides is 1. The van der Waals surface area contributed by atoms with E-state index in [4.69, 9.17) is 4.74 Å². The standard InChI is InChI=1S/C30H36N4O4/c1-23(33(3)29(11-6-18-35)30(37)31-2)32-28-10-5-9-26(27(28)22-36)8-4-7-24-12-14-25(15-13-24)21-34-16-19-38-20-17-34/h5,9-10,12-15,18,22,29H,6-7,11,16-17,19-21H2,1-3H3,(H,31,37)/b32-23-. The van der Waals surface area contributed by atoms with Crippen LogP contribution < -0.4 is 5.32 Å². The topological polar surface area (TPSA) is 91.3 Å². The highest BCUT2D eigenvalue weighted by atomic mass is 16.5. The number of nitrogens with one attached hydrogen (secondary N) is 1. The van der Waals surface area contributed by atoms with Gasteiger partial charge in [-0.3, -0.25) is 14.5 Å². The monoisotopic (exact) mass is 516 g/mol. The molecule has 2 aromatic rings. The zero-order chi connectivity index (χ0) is 27.3. The Hall–Kier alpha value is -3.80. The normalized spacial score (nSPS) is 14.7. The van der Waals surface area contributed by atoms with E-state index in [0.717, 1.165) is 51.0 Å². The summed E-state index contributed by atoms with van der Waals surface area (Å²) in [7, 11) is 3.31. The highest BCUT2D eigenvalue weighted by molar-refractivity contribution is 5.93. The Labute approximate surface area is 225 Å². The molecule has 0 aliphatic carbocycles. The molecule has 1 saturated heterocycles. The smallest absolute Gasteiger partial charge is 0.242 e. The molecule has 38 heavy (non-hydrogen) atoms. The minimum atomic E-state index is -0.545. The number of hydrogen-bond acceptors (Lipinski definition) is 6. The number of hydrogen-bond donors (Lipinski definition) is 1. The number of ether oxygens (including phenoxy) is 1. The van der Waals surface area contributed by atoms with Gasteiger partial charge in [-0.25, -0.2) is 4.99 Å². The molecular weight excluding hydrogens is 480 g/mol. The SMILES string of the molecule is CNC(=O)C(CCC=O)N(C)/C(C)=N\c1cccc(C#CCc2ccc(CN3CCOCC3)cc2)c1C=O. The second-order valence-corrected chi connectivity index (χ2v) is 9.18. The number of aldehydes is 2. The molecule has 200 valence electrons. The lowest BCUT2D eigenvalue weighted by Gasteiger charge is -2.28. The van der Waals surface area contributed by atoms with Crippen LogP contribution in [0.15, 0.2) is 47.5 Å². The molecule has 1 heterocycles. The fourth-order valence-corrected chi connectivity index (χ4v) is 4.28. The predicted molar refractivity (Wildman–Crippen MR) is 149 cm³/mol. The number of aliphatic imine (C=N–C) groups is 1. The van der Waals surface area contributed by atoms with E-state index >= 15 is 0 Å². The number of amidine groups is 1. The molecule has 2 aromatic carbocycles. The maximum absolute atomic E-state index is 12.3. The summed E-state index contributed by atoms with van der Waals surface area (Å²) in [6.45, 7) is 6.18. The number of carbonyl (C=O) groups is 3. The minimum Gasteiger partial charge on any atom is -0.379 e. The molecule has 0 bridgehead atoms. The summed E-state index contributed by atoms with van der Waals surface area (Å²) in [4.78, 5) is 43.9. The van der Waals surface area contributed by atoms with Crippen LogP contribution in [0.3, 0.4) is 0 Å². The molecule has 1 atom stereocenters. The third-order valence-corrected chi connectivity index (χ3v) is 6.62. The Morgan fingerprint density at radius 3 is 2.53 bits per heavy atom. The quantitative estimate of drug-likeness (QED) is 0.226. The van der Waals surface area contributed by atoms with E-state index < -0.39 is 6.04 Å². The van der Waals surface area contributed by atoms with Crippen molar-refractivity contribution in [3.05, 3.63) is 64.7 Å². The fourth-order valence-electron chi connectivity index (χ4n) is 4.28. The Bertz CT molecular complexity index is 1190. The van der Waals surface area contributed by atoms with Crippen LogP contribution in [0.2, 0.25) is 0 Å². The molecule has 1 aliphatic rings. The summed E-state index contributed by atoms with van der Waals surface area (Å²) in [5, 5.41) is 2.63.